The smallest absolute Gasteiger partial charge is 0.0336 e. The molecule has 13 heavy (non-hydrogen) atoms. The monoisotopic (exact) mass is 185 g/mol. The van der Waals surface area contributed by atoms with E-state index < -0.39 is 0 Å². The molecule has 0 aromatic rings. The maximum absolute atomic E-state index is 5.94. The SMILES string of the molecule is C=CC1(N)CCCCC1.CC.CC. The van der Waals surface area contributed by atoms with Crippen LogP contribution in [0.1, 0.15) is 59.8 Å². The molecule has 1 fully saturated rings. The molecule has 0 atom stereocenters. The van der Waals surface area contributed by atoms with Crippen molar-refractivity contribution in [1.29, 1.82) is 0 Å². The van der Waals surface area contributed by atoms with E-state index >= 15 is 0 Å². The van der Waals surface area contributed by atoms with E-state index in [2.05, 4.69) is 6.58 Å². The second kappa shape index (κ2) is 9.79. The molecule has 0 saturated heterocycles. The lowest BCUT2D eigenvalue weighted by Crippen LogP contribution is -2.38. The lowest BCUT2D eigenvalue weighted by atomic mass is 9.83. The molecule has 0 amide bonds. The maximum Gasteiger partial charge on any atom is 0.0336 e. The Kier molecular flexibility index (Phi) is 11.4. The van der Waals surface area contributed by atoms with Gasteiger partial charge in [0.05, 0.1) is 0 Å². The fraction of sp³-hybridized carbons (Fsp3) is 0.833. The summed E-state index contributed by atoms with van der Waals surface area (Å²) in [6.45, 7) is 11.7. The topological polar surface area (TPSA) is 26.0 Å². The molecule has 0 radical (unpaired) electrons. The van der Waals surface area contributed by atoms with Crippen molar-refractivity contribution in [3.8, 4) is 0 Å². The first-order valence-corrected chi connectivity index (χ1v) is 5.69. The molecule has 0 unspecified atom stereocenters. The molecule has 1 aliphatic carbocycles. The predicted molar refractivity (Wildman–Crippen MR) is 62.9 cm³/mol. The van der Waals surface area contributed by atoms with Crippen LogP contribution < -0.4 is 5.73 Å². The van der Waals surface area contributed by atoms with Crippen LogP contribution in [0.2, 0.25) is 0 Å². The Labute approximate surface area is 84.4 Å². The van der Waals surface area contributed by atoms with Crippen LogP contribution in [-0.2, 0) is 0 Å². The standard InChI is InChI=1S/C8H15N.2C2H6/c1-2-8(9)6-4-3-5-7-8;2*1-2/h2H,1,3-7,9H2;2*1-2H3. The summed E-state index contributed by atoms with van der Waals surface area (Å²) < 4.78 is 0. The van der Waals surface area contributed by atoms with E-state index in [1.54, 1.807) is 0 Å². The average Bonchev–Trinajstić information content (AvgIpc) is 2.25. The summed E-state index contributed by atoms with van der Waals surface area (Å²) in [5, 5.41) is 0. The van der Waals surface area contributed by atoms with Gasteiger partial charge in [0.15, 0.2) is 0 Å². The normalized spacial score (nSPS) is 18.5. The molecule has 0 heterocycles. The molecule has 1 aliphatic rings. The van der Waals surface area contributed by atoms with Crippen LogP contribution in [0.3, 0.4) is 0 Å². The molecule has 0 bridgehead atoms. The maximum atomic E-state index is 5.94. The molecule has 0 aromatic heterocycles. The van der Waals surface area contributed by atoms with Crippen molar-refractivity contribution in [3.63, 3.8) is 0 Å². The molecule has 0 aromatic carbocycles. The molecule has 1 rings (SSSR count). The minimum Gasteiger partial charge on any atom is -0.322 e. The lowest BCUT2D eigenvalue weighted by Gasteiger charge is -2.29. The first-order chi connectivity index (χ1) is 6.27. The number of hydrogen-bond acceptors (Lipinski definition) is 1. The van der Waals surface area contributed by atoms with Crippen LogP contribution in [0, 0.1) is 0 Å². The third-order valence-electron chi connectivity index (χ3n) is 2.19. The lowest BCUT2D eigenvalue weighted by molar-refractivity contribution is 0.359. The van der Waals surface area contributed by atoms with E-state index in [1.807, 2.05) is 33.8 Å². The van der Waals surface area contributed by atoms with Crippen molar-refractivity contribution < 1.29 is 0 Å². The Morgan fingerprint density at radius 3 is 1.62 bits per heavy atom. The highest BCUT2D eigenvalue weighted by molar-refractivity contribution is 5.01. The molecule has 80 valence electrons. The average molecular weight is 185 g/mol. The highest BCUT2D eigenvalue weighted by atomic mass is 14.7. The first kappa shape index (κ1) is 15.2. The molecule has 0 spiro atoms. The van der Waals surface area contributed by atoms with E-state index in [1.165, 1.54) is 19.3 Å². The van der Waals surface area contributed by atoms with Crippen LogP contribution in [0.5, 0.6) is 0 Å². The van der Waals surface area contributed by atoms with Crippen LogP contribution in [0.25, 0.3) is 0 Å². The van der Waals surface area contributed by atoms with E-state index in [-0.39, 0.29) is 5.54 Å². The molecule has 1 nitrogen and oxygen atoms in total. The zero-order valence-electron chi connectivity index (χ0n) is 9.90. The first-order valence-electron chi connectivity index (χ1n) is 5.69. The van der Waals surface area contributed by atoms with E-state index in [0.717, 1.165) is 12.8 Å². The molecular weight excluding hydrogens is 158 g/mol. The van der Waals surface area contributed by atoms with Crippen molar-refractivity contribution >= 4 is 0 Å². The molecule has 2 N–H and O–H groups in total. The van der Waals surface area contributed by atoms with E-state index in [0.29, 0.717) is 0 Å². The Bertz CT molecular complexity index is 102. The number of nitrogens with two attached hydrogens (primary N) is 1. The predicted octanol–water partition coefficient (Wildman–Crippen LogP) is 3.89. The van der Waals surface area contributed by atoms with Gasteiger partial charge < -0.3 is 5.73 Å². The van der Waals surface area contributed by atoms with Crippen molar-refractivity contribution in [2.75, 3.05) is 0 Å². The summed E-state index contributed by atoms with van der Waals surface area (Å²) in [6.07, 6.45) is 8.09. The summed E-state index contributed by atoms with van der Waals surface area (Å²) in [4.78, 5) is 0. The summed E-state index contributed by atoms with van der Waals surface area (Å²) in [5.74, 6) is 0. The molecule has 0 aliphatic heterocycles. The van der Waals surface area contributed by atoms with Crippen molar-refractivity contribution in [2.24, 2.45) is 5.73 Å². The second-order valence-electron chi connectivity index (χ2n) is 3.00. The zero-order chi connectivity index (χ0) is 10.7. The zero-order valence-corrected chi connectivity index (χ0v) is 9.90. The van der Waals surface area contributed by atoms with Crippen molar-refractivity contribution in [1.82, 2.24) is 0 Å². The summed E-state index contributed by atoms with van der Waals surface area (Å²) in [6, 6.07) is 0. The van der Waals surface area contributed by atoms with Gasteiger partial charge in [-0.2, -0.15) is 0 Å². The molecule has 1 saturated carbocycles. The van der Waals surface area contributed by atoms with Gasteiger partial charge in [0, 0.05) is 5.54 Å². The fourth-order valence-corrected chi connectivity index (χ4v) is 1.41. The van der Waals surface area contributed by atoms with Gasteiger partial charge >= 0.3 is 0 Å². The van der Waals surface area contributed by atoms with Gasteiger partial charge in [0.25, 0.3) is 0 Å². The highest BCUT2D eigenvalue weighted by Crippen LogP contribution is 2.25. The highest BCUT2D eigenvalue weighted by Gasteiger charge is 2.22. The van der Waals surface area contributed by atoms with Crippen LogP contribution >= 0.6 is 0 Å². The minimum absolute atomic E-state index is 0.0156. The summed E-state index contributed by atoms with van der Waals surface area (Å²) in [7, 11) is 0. The van der Waals surface area contributed by atoms with Gasteiger partial charge in [-0.1, -0.05) is 53.0 Å². The van der Waals surface area contributed by atoms with Crippen LogP contribution in [0.4, 0.5) is 0 Å². The van der Waals surface area contributed by atoms with E-state index in [9.17, 15) is 0 Å². The van der Waals surface area contributed by atoms with Gasteiger partial charge in [-0.3, -0.25) is 0 Å². The summed E-state index contributed by atoms with van der Waals surface area (Å²) >= 11 is 0. The Hall–Kier alpha value is -0.300. The minimum atomic E-state index is -0.0156. The van der Waals surface area contributed by atoms with Gasteiger partial charge in [-0.25, -0.2) is 0 Å². The van der Waals surface area contributed by atoms with Gasteiger partial charge in [0.1, 0.15) is 0 Å². The fourth-order valence-electron chi connectivity index (χ4n) is 1.41. The third kappa shape index (κ3) is 6.83. The number of hydrogen-bond donors (Lipinski definition) is 1. The second-order valence-corrected chi connectivity index (χ2v) is 3.00. The van der Waals surface area contributed by atoms with Crippen LogP contribution in [0.15, 0.2) is 12.7 Å². The summed E-state index contributed by atoms with van der Waals surface area (Å²) in [5.41, 5.74) is 5.92. The number of rotatable bonds is 1. The van der Waals surface area contributed by atoms with Crippen molar-refractivity contribution in [3.05, 3.63) is 12.7 Å². The van der Waals surface area contributed by atoms with Crippen LogP contribution in [-0.4, -0.2) is 5.54 Å². The van der Waals surface area contributed by atoms with E-state index in [4.69, 9.17) is 5.73 Å². The Balaban J connectivity index is 0. The van der Waals surface area contributed by atoms with Gasteiger partial charge in [-0.05, 0) is 12.8 Å². The van der Waals surface area contributed by atoms with Gasteiger partial charge in [-0.15, -0.1) is 6.58 Å². The quantitative estimate of drug-likeness (QED) is 0.616. The Morgan fingerprint density at radius 1 is 1.00 bits per heavy atom. The van der Waals surface area contributed by atoms with Crippen molar-refractivity contribution in [2.45, 2.75) is 65.3 Å². The molecule has 1 heteroatoms. The largest absolute Gasteiger partial charge is 0.322 e. The Morgan fingerprint density at radius 2 is 1.38 bits per heavy atom. The third-order valence-corrected chi connectivity index (χ3v) is 2.19. The van der Waals surface area contributed by atoms with Gasteiger partial charge in [0.2, 0.25) is 0 Å². The molecular formula is C12H27N.